The molecular weight excluding hydrogens is 324 g/mol. The number of rotatable bonds is 4. The molecule has 1 aliphatic heterocycles. The molecule has 24 heavy (non-hydrogen) atoms. The maximum absolute atomic E-state index is 12.1. The van der Waals surface area contributed by atoms with Gasteiger partial charge in [0.2, 0.25) is 12.7 Å². The first-order chi connectivity index (χ1) is 11.8. The van der Waals surface area contributed by atoms with Gasteiger partial charge in [-0.3, -0.25) is 4.79 Å². The summed E-state index contributed by atoms with van der Waals surface area (Å²) in [5, 5.41) is 4.77. The highest BCUT2D eigenvalue weighted by atomic mass is 32.2. The van der Waals surface area contributed by atoms with E-state index in [4.69, 9.17) is 9.47 Å². The maximum Gasteiger partial charge on any atom is 0.234 e. The number of thioether (sulfide) groups is 1. The predicted molar refractivity (Wildman–Crippen MR) is 93.7 cm³/mol. The minimum absolute atomic E-state index is 0.0891. The van der Waals surface area contributed by atoms with E-state index in [1.54, 1.807) is 18.2 Å². The number of nitrogens with zero attached hydrogens (tertiary/aromatic N) is 1. The van der Waals surface area contributed by atoms with Crippen molar-refractivity contribution in [3.8, 4) is 11.5 Å². The summed E-state index contributed by atoms with van der Waals surface area (Å²) in [6.07, 6.45) is 0. The quantitative estimate of drug-likeness (QED) is 0.735. The Morgan fingerprint density at radius 1 is 1.08 bits per heavy atom. The molecule has 0 aliphatic carbocycles. The predicted octanol–water partition coefficient (Wildman–Crippen LogP) is 3.69. The third-order valence-corrected chi connectivity index (χ3v) is 4.51. The van der Waals surface area contributed by atoms with Crippen molar-refractivity contribution in [2.24, 2.45) is 0 Å². The molecule has 0 spiro atoms. The molecule has 0 saturated heterocycles. The first kappa shape index (κ1) is 14.8. The van der Waals surface area contributed by atoms with Gasteiger partial charge in [0.1, 0.15) is 0 Å². The van der Waals surface area contributed by atoms with Gasteiger partial charge in [-0.05, 0) is 24.3 Å². The van der Waals surface area contributed by atoms with Crippen molar-refractivity contribution in [2.45, 2.75) is 5.03 Å². The minimum atomic E-state index is -0.0891. The van der Waals surface area contributed by atoms with Gasteiger partial charge in [-0.2, -0.15) is 0 Å². The summed E-state index contributed by atoms with van der Waals surface area (Å²) in [5.41, 5.74) is 1.62. The topological polar surface area (TPSA) is 60.5 Å². The Labute approximate surface area is 143 Å². The number of benzene rings is 2. The highest BCUT2D eigenvalue weighted by Gasteiger charge is 2.14. The van der Waals surface area contributed by atoms with E-state index in [1.807, 2.05) is 36.4 Å². The minimum Gasteiger partial charge on any atom is -0.454 e. The molecule has 0 saturated carbocycles. The number of hydrogen-bond acceptors (Lipinski definition) is 5. The number of amides is 1. The Balaban J connectivity index is 1.39. The number of nitrogens with one attached hydrogen (secondary N) is 1. The molecule has 1 N–H and O–H groups in total. The molecule has 0 unspecified atom stereocenters. The standard InChI is InChI=1S/C18H14N2O3S/c21-17(19-13-6-7-15-16(9-13)23-11-22-15)10-24-18-8-5-12-3-1-2-4-14(12)20-18/h1-9H,10-11H2,(H,19,21). The highest BCUT2D eigenvalue weighted by Crippen LogP contribution is 2.34. The van der Waals surface area contributed by atoms with Crippen molar-refractivity contribution in [3.63, 3.8) is 0 Å². The molecule has 6 heteroatoms. The van der Waals surface area contributed by atoms with Gasteiger partial charge < -0.3 is 14.8 Å². The summed E-state index contributed by atoms with van der Waals surface area (Å²) < 4.78 is 10.6. The van der Waals surface area contributed by atoms with Crippen molar-refractivity contribution >= 4 is 34.3 Å². The fourth-order valence-electron chi connectivity index (χ4n) is 2.44. The van der Waals surface area contributed by atoms with Gasteiger partial charge in [-0.15, -0.1) is 0 Å². The first-order valence-electron chi connectivity index (χ1n) is 7.46. The van der Waals surface area contributed by atoms with Gasteiger partial charge in [0.05, 0.1) is 16.3 Å². The van der Waals surface area contributed by atoms with Crippen LogP contribution >= 0.6 is 11.8 Å². The Bertz CT molecular complexity index is 914. The summed E-state index contributed by atoms with van der Waals surface area (Å²) in [6.45, 7) is 0.218. The van der Waals surface area contributed by atoms with Crippen LogP contribution in [0.15, 0.2) is 59.6 Å². The van der Waals surface area contributed by atoms with Gasteiger partial charge in [0, 0.05) is 17.1 Å². The van der Waals surface area contributed by atoms with Crippen molar-refractivity contribution in [2.75, 3.05) is 17.9 Å². The Morgan fingerprint density at radius 3 is 2.92 bits per heavy atom. The number of hydrogen-bond donors (Lipinski definition) is 1. The third-order valence-electron chi connectivity index (χ3n) is 3.58. The number of fused-ring (bicyclic) bond motifs is 2. The average Bonchev–Trinajstić information content (AvgIpc) is 3.07. The number of carbonyl (C=O) groups excluding carboxylic acids is 1. The highest BCUT2D eigenvalue weighted by molar-refractivity contribution is 7.99. The van der Waals surface area contributed by atoms with Crippen LogP contribution in [-0.2, 0) is 4.79 Å². The summed E-state index contributed by atoms with van der Waals surface area (Å²) in [4.78, 5) is 16.7. The number of ether oxygens (including phenoxy) is 2. The smallest absolute Gasteiger partial charge is 0.234 e. The molecule has 0 radical (unpaired) electrons. The number of para-hydroxylation sites is 1. The van der Waals surface area contributed by atoms with E-state index in [-0.39, 0.29) is 12.7 Å². The number of aromatic nitrogens is 1. The molecule has 1 amide bonds. The second-order valence-electron chi connectivity index (χ2n) is 5.25. The molecule has 4 rings (SSSR count). The number of carbonyl (C=O) groups is 1. The van der Waals surface area contributed by atoms with E-state index in [0.29, 0.717) is 22.9 Å². The Morgan fingerprint density at radius 2 is 1.96 bits per heavy atom. The van der Waals surface area contributed by atoms with Crippen molar-refractivity contribution in [1.29, 1.82) is 0 Å². The Hall–Kier alpha value is -2.73. The number of pyridine rings is 1. The Kier molecular flexibility index (Phi) is 3.96. The first-order valence-corrected chi connectivity index (χ1v) is 8.44. The van der Waals surface area contributed by atoms with Crippen molar-refractivity contribution in [3.05, 3.63) is 54.6 Å². The molecule has 3 aromatic rings. The van der Waals surface area contributed by atoms with E-state index < -0.39 is 0 Å². The zero-order valence-corrected chi connectivity index (χ0v) is 13.5. The average molecular weight is 338 g/mol. The SMILES string of the molecule is O=C(CSc1ccc2ccccc2n1)Nc1ccc2c(c1)OCO2. The lowest BCUT2D eigenvalue weighted by atomic mass is 10.2. The van der Waals surface area contributed by atoms with Gasteiger partial charge in [-0.1, -0.05) is 36.0 Å². The second-order valence-corrected chi connectivity index (χ2v) is 6.24. The number of anilines is 1. The molecule has 1 aromatic heterocycles. The molecule has 120 valence electrons. The van der Waals surface area contributed by atoms with Crippen LogP contribution in [0.2, 0.25) is 0 Å². The molecule has 5 nitrogen and oxygen atoms in total. The fraction of sp³-hybridized carbons (Fsp3) is 0.111. The summed E-state index contributed by atoms with van der Waals surface area (Å²) in [7, 11) is 0. The molecular formula is C18H14N2O3S. The summed E-state index contributed by atoms with van der Waals surface area (Å²) >= 11 is 1.41. The lowest BCUT2D eigenvalue weighted by Crippen LogP contribution is -2.14. The van der Waals surface area contributed by atoms with Crippen LogP contribution in [0, 0.1) is 0 Å². The molecule has 1 aliphatic rings. The molecule has 2 aromatic carbocycles. The van der Waals surface area contributed by atoms with E-state index >= 15 is 0 Å². The lowest BCUT2D eigenvalue weighted by molar-refractivity contribution is -0.113. The lowest BCUT2D eigenvalue weighted by Gasteiger charge is -2.06. The third kappa shape index (κ3) is 3.14. The molecule has 0 bridgehead atoms. The van der Waals surface area contributed by atoms with Crippen LogP contribution in [0.25, 0.3) is 10.9 Å². The van der Waals surface area contributed by atoms with Gasteiger partial charge in [0.15, 0.2) is 11.5 Å². The van der Waals surface area contributed by atoms with Gasteiger partial charge in [-0.25, -0.2) is 4.98 Å². The van der Waals surface area contributed by atoms with Crippen molar-refractivity contribution in [1.82, 2.24) is 4.98 Å². The van der Waals surface area contributed by atoms with Crippen LogP contribution in [-0.4, -0.2) is 23.4 Å². The van der Waals surface area contributed by atoms with Crippen LogP contribution in [0.3, 0.4) is 0 Å². The summed E-state index contributed by atoms with van der Waals surface area (Å²) in [5.74, 6) is 1.55. The maximum atomic E-state index is 12.1. The molecule has 0 fully saturated rings. The normalized spacial score (nSPS) is 12.3. The van der Waals surface area contributed by atoms with Crippen LogP contribution < -0.4 is 14.8 Å². The monoisotopic (exact) mass is 338 g/mol. The van der Waals surface area contributed by atoms with Gasteiger partial charge >= 0.3 is 0 Å². The van der Waals surface area contributed by atoms with E-state index in [1.165, 1.54) is 11.8 Å². The van der Waals surface area contributed by atoms with Crippen LogP contribution in [0.4, 0.5) is 5.69 Å². The summed E-state index contributed by atoms with van der Waals surface area (Å²) in [6, 6.07) is 17.2. The molecule has 2 heterocycles. The second kappa shape index (κ2) is 6.41. The van der Waals surface area contributed by atoms with Gasteiger partial charge in [0.25, 0.3) is 0 Å². The van der Waals surface area contributed by atoms with Crippen molar-refractivity contribution < 1.29 is 14.3 Å². The van der Waals surface area contributed by atoms with Crippen LogP contribution in [0.5, 0.6) is 11.5 Å². The van der Waals surface area contributed by atoms with E-state index in [0.717, 1.165) is 15.9 Å². The largest absolute Gasteiger partial charge is 0.454 e. The zero-order chi connectivity index (χ0) is 16.4. The van der Waals surface area contributed by atoms with Crippen LogP contribution in [0.1, 0.15) is 0 Å². The van der Waals surface area contributed by atoms with E-state index in [9.17, 15) is 4.79 Å². The molecule has 0 atom stereocenters. The fourth-order valence-corrected chi connectivity index (χ4v) is 3.12. The van der Waals surface area contributed by atoms with E-state index in [2.05, 4.69) is 10.3 Å². The zero-order valence-electron chi connectivity index (χ0n) is 12.7.